The van der Waals surface area contributed by atoms with Gasteiger partial charge in [-0.2, -0.15) is 5.10 Å². The fourth-order valence-corrected chi connectivity index (χ4v) is 3.55. The van der Waals surface area contributed by atoms with Crippen LogP contribution in [0.15, 0.2) is 53.7 Å². The van der Waals surface area contributed by atoms with E-state index in [2.05, 4.69) is 25.8 Å². The van der Waals surface area contributed by atoms with Gasteiger partial charge in [-0.3, -0.25) is 9.89 Å². The van der Waals surface area contributed by atoms with E-state index in [1.807, 2.05) is 6.07 Å². The second-order valence-corrected chi connectivity index (χ2v) is 6.94. The van der Waals surface area contributed by atoms with Crippen LogP contribution in [-0.2, 0) is 9.53 Å². The van der Waals surface area contributed by atoms with Crippen molar-refractivity contribution < 1.29 is 19.1 Å². The lowest BCUT2D eigenvalue weighted by molar-refractivity contribution is -0.118. The molecule has 1 aromatic heterocycles. The number of aromatic nitrogens is 2. The summed E-state index contributed by atoms with van der Waals surface area (Å²) in [6.45, 7) is 1.64. The van der Waals surface area contributed by atoms with Gasteiger partial charge in [-0.1, -0.05) is 12.1 Å². The number of urea groups is 1. The Kier molecular flexibility index (Phi) is 5.01. The van der Waals surface area contributed by atoms with Crippen molar-refractivity contribution in [3.8, 4) is 0 Å². The number of carbonyl (C=O) groups excluding carboxylic acids is 3. The number of aliphatic imine (C=N–C) groups is 1. The summed E-state index contributed by atoms with van der Waals surface area (Å²) in [6, 6.07) is 10.8. The van der Waals surface area contributed by atoms with Gasteiger partial charge in [0.05, 0.1) is 30.4 Å². The van der Waals surface area contributed by atoms with Gasteiger partial charge in [0.1, 0.15) is 5.92 Å². The quantitative estimate of drug-likeness (QED) is 0.576. The zero-order valence-corrected chi connectivity index (χ0v) is 16.3. The molecule has 0 saturated carbocycles. The van der Waals surface area contributed by atoms with Gasteiger partial charge >= 0.3 is 12.0 Å². The third kappa shape index (κ3) is 3.64. The highest BCUT2D eigenvalue weighted by Crippen LogP contribution is 2.29. The molecule has 3 N–H and O–H groups in total. The SMILES string of the molecule is COC(=O)c1cccc(C2NC(=O)N=C(C)C2C(=O)Nc2ccc3[nH]ncc3c2)c1. The Labute approximate surface area is 171 Å². The normalized spacial score (nSPS) is 18.5. The molecular formula is C21H19N5O4. The number of nitrogens with one attached hydrogen (secondary N) is 3. The van der Waals surface area contributed by atoms with E-state index in [-0.39, 0.29) is 5.91 Å². The van der Waals surface area contributed by atoms with Gasteiger partial charge in [-0.05, 0) is 42.8 Å². The van der Waals surface area contributed by atoms with Gasteiger partial charge < -0.3 is 15.4 Å². The molecule has 2 unspecified atom stereocenters. The van der Waals surface area contributed by atoms with Crippen LogP contribution in [0.3, 0.4) is 0 Å². The first-order chi connectivity index (χ1) is 14.5. The maximum absolute atomic E-state index is 13.2. The topological polar surface area (TPSA) is 126 Å². The number of hydrogen-bond donors (Lipinski definition) is 3. The predicted octanol–water partition coefficient (Wildman–Crippen LogP) is 2.83. The molecule has 2 aromatic carbocycles. The van der Waals surface area contributed by atoms with Crippen LogP contribution in [0.4, 0.5) is 10.5 Å². The number of methoxy groups -OCH3 is 1. The molecule has 9 heteroatoms. The van der Waals surface area contributed by atoms with Crippen molar-refractivity contribution in [3.63, 3.8) is 0 Å². The molecule has 152 valence electrons. The number of nitrogens with zero attached hydrogens (tertiary/aromatic N) is 2. The third-order valence-electron chi connectivity index (χ3n) is 5.00. The number of ether oxygens (including phenoxy) is 1. The molecule has 3 aromatic rings. The minimum atomic E-state index is -0.754. The Balaban J connectivity index is 1.66. The molecule has 2 atom stereocenters. The molecule has 4 rings (SSSR count). The maximum atomic E-state index is 13.2. The first-order valence-electron chi connectivity index (χ1n) is 9.24. The molecule has 0 bridgehead atoms. The number of anilines is 1. The zero-order chi connectivity index (χ0) is 21.3. The van der Waals surface area contributed by atoms with E-state index in [0.29, 0.717) is 22.5 Å². The van der Waals surface area contributed by atoms with Crippen LogP contribution < -0.4 is 10.6 Å². The number of esters is 1. The molecule has 1 aliphatic heterocycles. The number of hydrogen-bond acceptors (Lipinski definition) is 5. The average Bonchev–Trinajstić information content (AvgIpc) is 3.20. The molecular weight excluding hydrogens is 386 g/mol. The molecule has 0 saturated heterocycles. The van der Waals surface area contributed by atoms with E-state index < -0.39 is 24.0 Å². The Morgan fingerprint density at radius 1 is 1.17 bits per heavy atom. The fourth-order valence-electron chi connectivity index (χ4n) is 3.55. The Morgan fingerprint density at radius 3 is 2.80 bits per heavy atom. The van der Waals surface area contributed by atoms with Crippen molar-refractivity contribution in [1.29, 1.82) is 0 Å². The van der Waals surface area contributed by atoms with Crippen molar-refractivity contribution in [1.82, 2.24) is 15.5 Å². The van der Waals surface area contributed by atoms with Gasteiger partial charge in [-0.15, -0.1) is 0 Å². The summed E-state index contributed by atoms with van der Waals surface area (Å²) in [4.78, 5) is 41.0. The fraction of sp³-hybridized carbons (Fsp3) is 0.190. The van der Waals surface area contributed by atoms with Gasteiger partial charge in [0.15, 0.2) is 0 Å². The number of H-pyrrole nitrogens is 1. The van der Waals surface area contributed by atoms with Gasteiger partial charge in [-0.25, -0.2) is 14.6 Å². The molecule has 2 heterocycles. The van der Waals surface area contributed by atoms with Crippen LogP contribution in [0.1, 0.15) is 28.9 Å². The van der Waals surface area contributed by atoms with Crippen molar-refractivity contribution in [3.05, 3.63) is 59.8 Å². The van der Waals surface area contributed by atoms with E-state index in [4.69, 9.17) is 4.74 Å². The minimum absolute atomic E-state index is 0.326. The number of fused-ring (bicyclic) bond motifs is 1. The minimum Gasteiger partial charge on any atom is -0.465 e. The molecule has 3 amide bonds. The Morgan fingerprint density at radius 2 is 2.00 bits per heavy atom. The van der Waals surface area contributed by atoms with Crippen LogP contribution in [0.2, 0.25) is 0 Å². The van der Waals surface area contributed by atoms with E-state index in [1.165, 1.54) is 7.11 Å². The average molecular weight is 405 g/mol. The predicted molar refractivity (Wildman–Crippen MR) is 110 cm³/mol. The first-order valence-corrected chi connectivity index (χ1v) is 9.24. The standard InChI is InChI=1S/C21H19N5O4/c1-11-17(19(27)24-15-6-7-16-14(9-15)10-22-26-16)18(25-21(29)23-11)12-4-3-5-13(8-12)20(28)30-2/h3-10,17-18H,1-2H3,(H,22,26)(H,24,27)(H,25,29). The number of amides is 3. The highest BCUT2D eigenvalue weighted by molar-refractivity contribution is 6.13. The summed E-state index contributed by atoms with van der Waals surface area (Å²) in [5.41, 5.74) is 2.77. The monoisotopic (exact) mass is 405 g/mol. The summed E-state index contributed by atoms with van der Waals surface area (Å²) in [6.07, 6.45) is 1.67. The van der Waals surface area contributed by atoms with Crippen LogP contribution >= 0.6 is 0 Å². The molecule has 0 fully saturated rings. The zero-order valence-electron chi connectivity index (χ0n) is 16.3. The smallest absolute Gasteiger partial charge is 0.341 e. The van der Waals surface area contributed by atoms with E-state index in [0.717, 1.165) is 10.9 Å². The lowest BCUT2D eigenvalue weighted by Crippen LogP contribution is -2.45. The lowest BCUT2D eigenvalue weighted by atomic mass is 9.87. The van der Waals surface area contributed by atoms with Crippen LogP contribution in [0, 0.1) is 5.92 Å². The highest BCUT2D eigenvalue weighted by atomic mass is 16.5. The molecule has 0 aliphatic carbocycles. The summed E-state index contributed by atoms with van der Waals surface area (Å²) in [5.74, 6) is -1.58. The molecule has 9 nitrogen and oxygen atoms in total. The molecule has 0 spiro atoms. The van der Waals surface area contributed by atoms with Crippen LogP contribution in [0.25, 0.3) is 10.9 Å². The van der Waals surface area contributed by atoms with Crippen molar-refractivity contribution in [2.24, 2.45) is 10.9 Å². The van der Waals surface area contributed by atoms with Crippen molar-refractivity contribution in [2.75, 3.05) is 12.4 Å². The Bertz CT molecular complexity index is 1180. The van der Waals surface area contributed by atoms with E-state index >= 15 is 0 Å². The second-order valence-electron chi connectivity index (χ2n) is 6.94. The Hall–Kier alpha value is -4.01. The highest BCUT2D eigenvalue weighted by Gasteiger charge is 2.37. The third-order valence-corrected chi connectivity index (χ3v) is 5.00. The van der Waals surface area contributed by atoms with Crippen molar-refractivity contribution >= 4 is 40.2 Å². The van der Waals surface area contributed by atoms with Gasteiger partial charge in [0.25, 0.3) is 0 Å². The van der Waals surface area contributed by atoms with Gasteiger partial charge in [0, 0.05) is 16.8 Å². The summed E-state index contributed by atoms with van der Waals surface area (Å²) >= 11 is 0. The lowest BCUT2D eigenvalue weighted by Gasteiger charge is -2.30. The number of aromatic amines is 1. The van der Waals surface area contributed by atoms with Gasteiger partial charge in [0.2, 0.25) is 5.91 Å². The second kappa shape index (κ2) is 7.78. The number of rotatable bonds is 4. The largest absolute Gasteiger partial charge is 0.465 e. The maximum Gasteiger partial charge on any atom is 0.341 e. The molecule has 30 heavy (non-hydrogen) atoms. The van der Waals surface area contributed by atoms with Crippen LogP contribution in [0.5, 0.6) is 0 Å². The summed E-state index contributed by atoms with van der Waals surface area (Å²) in [5, 5.41) is 13.3. The summed E-state index contributed by atoms with van der Waals surface area (Å²) in [7, 11) is 1.29. The summed E-state index contributed by atoms with van der Waals surface area (Å²) < 4.78 is 4.77. The molecule has 1 aliphatic rings. The van der Waals surface area contributed by atoms with E-state index in [1.54, 1.807) is 49.5 Å². The van der Waals surface area contributed by atoms with E-state index in [9.17, 15) is 14.4 Å². The van der Waals surface area contributed by atoms with Crippen LogP contribution in [-0.4, -0.2) is 40.9 Å². The number of benzene rings is 2. The first kappa shape index (κ1) is 19.3. The van der Waals surface area contributed by atoms with Crippen molar-refractivity contribution in [2.45, 2.75) is 13.0 Å². The number of carbonyl (C=O) groups is 3. The molecule has 0 radical (unpaired) electrons.